The van der Waals surface area contributed by atoms with E-state index in [1.807, 2.05) is 50.4 Å². The Labute approximate surface area is 185 Å². The van der Waals surface area contributed by atoms with Crippen molar-refractivity contribution in [3.63, 3.8) is 0 Å². The van der Waals surface area contributed by atoms with E-state index in [0.717, 1.165) is 21.6 Å². The van der Waals surface area contributed by atoms with E-state index in [1.165, 1.54) is 16.2 Å². The first-order valence-electron chi connectivity index (χ1n) is 10.8. The third kappa shape index (κ3) is 3.05. The van der Waals surface area contributed by atoms with Gasteiger partial charge in [0, 0.05) is 16.7 Å². The van der Waals surface area contributed by atoms with Crippen LogP contribution in [0, 0.1) is 37.5 Å². The molecule has 0 spiro atoms. The molecule has 2 saturated heterocycles. The lowest BCUT2D eigenvalue weighted by atomic mass is 9.65. The van der Waals surface area contributed by atoms with Crippen LogP contribution in [0.5, 0.6) is 5.75 Å². The Morgan fingerprint density at radius 3 is 2.55 bits per heavy atom. The summed E-state index contributed by atoms with van der Waals surface area (Å²) >= 11 is 1.53. The summed E-state index contributed by atoms with van der Waals surface area (Å²) in [6.45, 7) is 5.87. The van der Waals surface area contributed by atoms with Gasteiger partial charge in [-0.2, -0.15) is 0 Å². The van der Waals surface area contributed by atoms with Gasteiger partial charge in [0.15, 0.2) is 5.79 Å². The van der Waals surface area contributed by atoms with Gasteiger partial charge in [0.2, 0.25) is 11.8 Å². The Kier molecular flexibility index (Phi) is 4.77. The Morgan fingerprint density at radius 1 is 1.19 bits per heavy atom. The molecule has 5 rings (SSSR count). The first-order chi connectivity index (χ1) is 14.7. The fourth-order valence-corrected chi connectivity index (χ4v) is 6.50. The molecule has 31 heavy (non-hydrogen) atoms. The molecule has 2 amide bonds. The molecule has 0 bridgehead atoms. The summed E-state index contributed by atoms with van der Waals surface area (Å²) in [5, 5.41) is 23.6. The van der Waals surface area contributed by atoms with E-state index in [4.69, 9.17) is 4.74 Å². The molecule has 164 valence electrons. The molecular weight excluding hydrogens is 414 g/mol. The summed E-state index contributed by atoms with van der Waals surface area (Å²) in [6, 6.07) is 7.59. The number of aryl methyl sites for hydroxylation is 2. The van der Waals surface area contributed by atoms with Crippen molar-refractivity contribution < 1.29 is 24.5 Å². The molecule has 1 aromatic carbocycles. The quantitative estimate of drug-likeness (QED) is 0.710. The van der Waals surface area contributed by atoms with Gasteiger partial charge < -0.3 is 14.9 Å². The van der Waals surface area contributed by atoms with Gasteiger partial charge in [-0.3, -0.25) is 14.5 Å². The van der Waals surface area contributed by atoms with Crippen molar-refractivity contribution in [2.45, 2.75) is 52.0 Å². The Hall–Kier alpha value is -2.22. The first-order valence-corrected chi connectivity index (χ1v) is 11.7. The normalized spacial score (nSPS) is 34.8. The number of aliphatic hydroxyl groups is 1. The summed E-state index contributed by atoms with van der Waals surface area (Å²) < 4.78 is 6.23. The van der Waals surface area contributed by atoms with Crippen molar-refractivity contribution in [2.24, 2.45) is 23.7 Å². The van der Waals surface area contributed by atoms with Crippen LogP contribution in [0.2, 0.25) is 0 Å². The predicted octanol–water partition coefficient (Wildman–Crippen LogP) is 3.68. The van der Waals surface area contributed by atoms with Crippen LogP contribution in [-0.4, -0.2) is 32.7 Å². The minimum Gasteiger partial charge on any atom is -0.507 e. The summed E-state index contributed by atoms with van der Waals surface area (Å²) in [6.07, 6.45) is 0.518. The molecule has 3 fully saturated rings. The highest BCUT2D eigenvalue weighted by molar-refractivity contribution is 7.09. The molecule has 3 heterocycles. The lowest BCUT2D eigenvalue weighted by Gasteiger charge is -2.43. The molecule has 6 nitrogen and oxygen atoms in total. The van der Waals surface area contributed by atoms with Gasteiger partial charge in [-0.1, -0.05) is 13.0 Å². The van der Waals surface area contributed by atoms with Crippen LogP contribution in [0.4, 0.5) is 0 Å². The number of hydrogen-bond acceptors (Lipinski definition) is 6. The number of phenolic OH excluding ortho intramolecular Hbond substituents is 1. The maximum atomic E-state index is 13.4. The number of ether oxygens (including phenoxy) is 1. The molecule has 2 aromatic rings. The van der Waals surface area contributed by atoms with E-state index in [1.54, 1.807) is 0 Å². The van der Waals surface area contributed by atoms with E-state index < -0.39 is 23.5 Å². The zero-order valence-corrected chi connectivity index (χ0v) is 18.7. The average molecular weight is 442 g/mol. The summed E-state index contributed by atoms with van der Waals surface area (Å²) in [7, 11) is 0. The van der Waals surface area contributed by atoms with Gasteiger partial charge in [0.1, 0.15) is 5.75 Å². The van der Waals surface area contributed by atoms with E-state index in [0.29, 0.717) is 19.4 Å². The average Bonchev–Trinajstić information content (AvgIpc) is 3.41. The van der Waals surface area contributed by atoms with Crippen molar-refractivity contribution >= 4 is 23.2 Å². The second-order valence-corrected chi connectivity index (χ2v) is 10.3. The number of imide groups is 1. The molecule has 7 heteroatoms. The topological polar surface area (TPSA) is 87.1 Å². The molecule has 2 N–H and O–H groups in total. The standard InChI is InChI=1S/C24H27NO5S/c1-12-7-15(8-13(2)21(12)26)19-10-18-20-17(9-14(3)24(18,29)30-19)22(27)25(23(20)28)11-16-5-4-6-31-16/h4-8,14,17-20,26,29H,9-11H2,1-3H3/t14-,17-,18-,19-,20-,24+/m0/s1. The molecule has 6 atom stereocenters. The number of fused-ring (bicyclic) bond motifs is 3. The lowest BCUT2D eigenvalue weighted by Crippen LogP contribution is -2.52. The molecule has 1 saturated carbocycles. The second-order valence-electron chi connectivity index (χ2n) is 9.31. The fourth-order valence-electron chi connectivity index (χ4n) is 5.81. The highest BCUT2D eigenvalue weighted by Gasteiger charge is 2.65. The van der Waals surface area contributed by atoms with Gasteiger partial charge in [-0.05, 0) is 67.0 Å². The number of nitrogens with zero attached hydrogens (tertiary/aromatic N) is 1. The van der Waals surface area contributed by atoms with Gasteiger partial charge in [-0.25, -0.2) is 0 Å². The van der Waals surface area contributed by atoms with Gasteiger partial charge in [0.25, 0.3) is 0 Å². The van der Waals surface area contributed by atoms with Crippen LogP contribution in [0.1, 0.15) is 47.4 Å². The van der Waals surface area contributed by atoms with Crippen LogP contribution in [-0.2, 0) is 20.9 Å². The maximum Gasteiger partial charge on any atom is 0.233 e. The Bertz CT molecular complexity index is 1030. The third-order valence-corrected chi connectivity index (χ3v) is 8.29. The number of rotatable bonds is 3. The first kappa shape index (κ1) is 20.7. The zero-order valence-electron chi connectivity index (χ0n) is 17.9. The SMILES string of the molecule is Cc1cc([C@@H]2C[C@H]3[C@H]4C(=O)N(Cc5cccs5)C(=O)[C@H]4C[C@H](C)[C@@]3(O)O2)cc(C)c1O. The number of amides is 2. The minimum absolute atomic E-state index is 0.128. The Morgan fingerprint density at radius 2 is 1.90 bits per heavy atom. The Balaban J connectivity index is 1.47. The van der Waals surface area contributed by atoms with Gasteiger partial charge in [-0.15, -0.1) is 11.3 Å². The molecule has 1 aliphatic carbocycles. The van der Waals surface area contributed by atoms with Crippen molar-refractivity contribution in [1.29, 1.82) is 0 Å². The minimum atomic E-state index is -1.44. The van der Waals surface area contributed by atoms with Crippen molar-refractivity contribution in [3.8, 4) is 5.75 Å². The molecule has 3 aliphatic rings. The van der Waals surface area contributed by atoms with Crippen LogP contribution in [0.15, 0.2) is 29.6 Å². The van der Waals surface area contributed by atoms with E-state index in [2.05, 4.69) is 0 Å². The largest absolute Gasteiger partial charge is 0.507 e. The molecule has 2 aliphatic heterocycles. The van der Waals surface area contributed by atoms with Crippen LogP contribution in [0.25, 0.3) is 0 Å². The number of phenols is 1. The van der Waals surface area contributed by atoms with E-state index in [-0.39, 0.29) is 29.6 Å². The summed E-state index contributed by atoms with van der Waals surface area (Å²) in [5.74, 6) is -3.17. The van der Waals surface area contributed by atoms with E-state index >= 15 is 0 Å². The van der Waals surface area contributed by atoms with Gasteiger partial charge >= 0.3 is 0 Å². The number of thiophene rings is 1. The summed E-state index contributed by atoms with van der Waals surface area (Å²) in [5.41, 5.74) is 2.38. The number of carbonyl (C=O) groups excluding carboxylic acids is 2. The van der Waals surface area contributed by atoms with Crippen molar-refractivity contribution in [2.75, 3.05) is 0 Å². The monoisotopic (exact) mass is 441 g/mol. The maximum absolute atomic E-state index is 13.4. The summed E-state index contributed by atoms with van der Waals surface area (Å²) in [4.78, 5) is 28.9. The fraction of sp³-hybridized carbons (Fsp3) is 0.500. The number of aromatic hydroxyl groups is 1. The predicted molar refractivity (Wildman–Crippen MR) is 115 cm³/mol. The number of carbonyl (C=O) groups is 2. The van der Waals surface area contributed by atoms with Crippen molar-refractivity contribution in [3.05, 3.63) is 51.2 Å². The highest BCUT2D eigenvalue weighted by Crippen LogP contribution is 2.58. The number of likely N-dealkylation sites (tertiary alicyclic amines) is 1. The number of hydrogen-bond donors (Lipinski definition) is 2. The van der Waals surface area contributed by atoms with Crippen LogP contribution >= 0.6 is 11.3 Å². The molecular formula is C24H27NO5S. The zero-order chi connectivity index (χ0) is 22.1. The lowest BCUT2D eigenvalue weighted by molar-refractivity contribution is -0.265. The third-order valence-electron chi connectivity index (χ3n) is 7.42. The van der Waals surface area contributed by atoms with E-state index in [9.17, 15) is 19.8 Å². The number of benzene rings is 1. The van der Waals surface area contributed by atoms with Crippen LogP contribution < -0.4 is 0 Å². The van der Waals surface area contributed by atoms with Crippen molar-refractivity contribution in [1.82, 2.24) is 4.90 Å². The second kappa shape index (κ2) is 7.15. The van der Waals surface area contributed by atoms with Crippen LogP contribution in [0.3, 0.4) is 0 Å². The smallest absolute Gasteiger partial charge is 0.233 e. The molecule has 0 unspecified atom stereocenters. The highest BCUT2D eigenvalue weighted by atomic mass is 32.1. The van der Waals surface area contributed by atoms with Gasteiger partial charge in [0.05, 0.1) is 24.5 Å². The molecule has 1 aromatic heterocycles. The molecule has 0 radical (unpaired) electrons.